The number of aromatic nitrogens is 2. The first kappa shape index (κ1) is 21.0. The van der Waals surface area contributed by atoms with E-state index in [9.17, 15) is 14.7 Å². The molecule has 0 bridgehead atoms. The summed E-state index contributed by atoms with van der Waals surface area (Å²) in [4.78, 5) is 26.7. The summed E-state index contributed by atoms with van der Waals surface area (Å²) < 4.78 is 13.5. The first-order chi connectivity index (χ1) is 15.8. The molecule has 0 aliphatic carbocycles. The molecule has 4 heterocycles. The molecule has 170 valence electrons. The lowest BCUT2D eigenvalue weighted by atomic mass is 9.99. The average molecular weight is 448 g/mol. The van der Waals surface area contributed by atoms with Gasteiger partial charge in [-0.05, 0) is 38.5 Å². The summed E-state index contributed by atoms with van der Waals surface area (Å²) in [5, 5.41) is 17.5. The summed E-state index contributed by atoms with van der Waals surface area (Å²) in [6.45, 7) is 5.84. The van der Waals surface area contributed by atoms with Gasteiger partial charge in [0.2, 0.25) is 0 Å². The van der Waals surface area contributed by atoms with Gasteiger partial charge in [0.25, 0.3) is 11.8 Å². The van der Waals surface area contributed by atoms with Crippen molar-refractivity contribution < 1.29 is 23.8 Å². The fourth-order valence-electron chi connectivity index (χ4n) is 4.26. The van der Waals surface area contributed by atoms with Crippen LogP contribution in [0.4, 0.5) is 0 Å². The molecule has 33 heavy (non-hydrogen) atoms. The zero-order valence-corrected chi connectivity index (χ0v) is 18.7. The Morgan fingerprint density at radius 3 is 2.73 bits per heavy atom. The van der Waals surface area contributed by atoms with Crippen LogP contribution in [0.25, 0.3) is 16.5 Å². The van der Waals surface area contributed by atoms with Crippen LogP contribution in [0.2, 0.25) is 0 Å². The highest BCUT2D eigenvalue weighted by Gasteiger charge is 2.38. The van der Waals surface area contributed by atoms with Crippen molar-refractivity contribution in [3.8, 4) is 11.5 Å². The fraction of sp³-hybridized carbons (Fsp3) is 0.292. The Bertz CT molecular complexity index is 1420. The van der Waals surface area contributed by atoms with Crippen molar-refractivity contribution in [3.63, 3.8) is 0 Å². The van der Waals surface area contributed by atoms with Gasteiger partial charge in [0.1, 0.15) is 16.8 Å². The second kappa shape index (κ2) is 7.63. The number of ether oxygens (including phenoxy) is 1. The van der Waals surface area contributed by atoms with Gasteiger partial charge >= 0.3 is 0 Å². The van der Waals surface area contributed by atoms with Crippen LogP contribution < -0.4 is 10.1 Å². The SMILES string of the molecule is CNC(=O)c1oc2cc(Oc3ccnn4cc(C(=O)N5C[C@H](O)[C@@H]5C)c(C)c34)ccc2c1C. The van der Waals surface area contributed by atoms with Crippen molar-refractivity contribution in [1.29, 1.82) is 0 Å². The minimum Gasteiger partial charge on any atom is -0.455 e. The number of likely N-dealkylation sites (tertiary alicyclic amines) is 1. The van der Waals surface area contributed by atoms with E-state index in [1.165, 1.54) is 0 Å². The Balaban J connectivity index is 1.50. The van der Waals surface area contributed by atoms with Crippen molar-refractivity contribution in [3.05, 3.63) is 59.1 Å². The van der Waals surface area contributed by atoms with Crippen molar-refractivity contribution in [2.45, 2.75) is 32.9 Å². The van der Waals surface area contributed by atoms with E-state index >= 15 is 0 Å². The van der Waals surface area contributed by atoms with E-state index in [0.29, 0.717) is 34.7 Å². The molecule has 2 N–H and O–H groups in total. The predicted octanol–water partition coefficient (Wildman–Crippen LogP) is 3.05. The lowest BCUT2D eigenvalue weighted by Gasteiger charge is -2.43. The lowest BCUT2D eigenvalue weighted by molar-refractivity contribution is -0.0357. The van der Waals surface area contributed by atoms with Crippen molar-refractivity contribution >= 4 is 28.3 Å². The molecule has 1 aliphatic heterocycles. The highest BCUT2D eigenvalue weighted by Crippen LogP contribution is 2.34. The smallest absolute Gasteiger partial charge is 0.287 e. The van der Waals surface area contributed by atoms with Gasteiger partial charge in [-0.3, -0.25) is 9.59 Å². The summed E-state index contributed by atoms with van der Waals surface area (Å²) in [7, 11) is 1.56. The quantitative estimate of drug-likeness (QED) is 0.497. The van der Waals surface area contributed by atoms with Gasteiger partial charge in [-0.2, -0.15) is 5.10 Å². The highest BCUT2D eigenvalue weighted by molar-refractivity contribution is 6.00. The summed E-state index contributed by atoms with van der Waals surface area (Å²) in [6, 6.07) is 6.92. The predicted molar refractivity (Wildman–Crippen MR) is 121 cm³/mol. The second-order valence-corrected chi connectivity index (χ2v) is 8.32. The van der Waals surface area contributed by atoms with Gasteiger partial charge in [-0.1, -0.05) is 0 Å². The molecule has 5 rings (SSSR count). The van der Waals surface area contributed by atoms with Gasteiger partial charge in [0.15, 0.2) is 11.5 Å². The Kier molecular flexibility index (Phi) is 4.86. The Hall–Kier alpha value is -3.85. The number of carbonyl (C=O) groups excluding carboxylic acids is 2. The second-order valence-electron chi connectivity index (χ2n) is 8.32. The molecular formula is C24H24N4O5. The molecule has 9 heteroatoms. The number of nitrogens with one attached hydrogen (secondary N) is 1. The largest absolute Gasteiger partial charge is 0.455 e. The summed E-state index contributed by atoms with van der Waals surface area (Å²) in [5.74, 6) is 0.906. The number of nitrogens with zero attached hydrogens (tertiary/aromatic N) is 3. The van der Waals surface area contributed by atoms with E-state index in [-0.39, 0.29) is 23.6 Å². The molecule has 0 spiro atoms. The minimum atomic E-state index is -0.493. The first-order valence-electron chi connectivity index (χ1n) is 10.7. The number of fused-ring (bicyclic) bond motifs is 2. The highest BCUT2D eigenvalue weighted by atomic mass is 16.5. The monoisotopic (exact) mass is 448 g/mol. The summed E-state index contributed by atoms with van der Waals surface area (Å²) >= 11 is 0. The van der Waals surface area contributed by atoms with Crippen LogP contribution in [-0.2, 0) is 0 Å². The van der Waals surface area contributed by atoms with E-state index < -0.39 is 6.10 Å². The first-order valence-corrected chi connectivity index (χ1v) is 10.7. The molecule has 4 aromatic rings. The minimum absolute atomic E-state index is 0.143. The summed E-state index contributed by atoms with van der Waals surface area (Å²) in [5.41, 5.74) is 3.25. The normalized spacial score (nSPS) is 17.9. The number of β-amino-alcohol motifs (C(OH)–C–C–N with tert-alkyl or cyclic N) is 1. The van der Waals surface area contributed by atoms with Crippen LogP contribution in [0.5, 0.6) is 11.5 Å². The zero-order valence-electron chi connectivity index (χ0n) is 18.7. The molecule has 0 unspecified atom stereocenters. The number of hydrogen-bond donors (Lipinski definition) is 2. The van der Waals surface area contributed by atoms with E-state index in [1.54, 1.807) is 41.0 Å². The third-order valence-corrected chi connectivity index (χ3v) is 6.38. The molecule has 2 atom stereocenters. The van der Waals surface area contributed by atoms with Crippen molar-refractivity contribution in [2.24, 2.45) is 0 Å². The average Bonchev–Trinajstić information content (AvgIpc) is 3.33. The fourth-order valence-corrected chi connectivity index (χ4v) is 4.26. The standard InChI is InChI=1S/C24H24N4O5/c1-12-17(24(31)27-11-18(29)14(27)3)10-28-21(12)19(7-8-26-28)32-15-5-6-16-13(2)22(23(30)25-4)33-20(16)9-15/h5-10,14,18,29H,11H2,1-4H3,(H,25,30)/t14-,18-/m0/s1. The maximum Gasteiger partial charge on any atom is 0.287 e. The maximum absolute atomic E-state index is 13.0. The Labute approximate surface area is 189 Å². The lowest BCUT2D eigenvalue weighted by Crippen LogP contribution is -2.60. The van der Waals surface area contributed by atoms with Crippen molar-refractivity contribution in [2.75, 3.05) is 13.6 Å². The van der Waals surface area contributed by atoms with Crippen LogP contribution >= 0.6 is 0 Å². The van der Waals surface area contributed by atoms with Gasteiger partial charge < -0.3 is 24.5 Å². The molecule has 3 aromatic heterocycles. The molecule has 2 amide bonds. The topological polar surface area (TPSA) is 109 Å². The van der Waals surface area contributed by atoms with E-state index in [0.717, 1.165) is 16.5 Å². The number of aliphatic hydroxyl groups is 1. The van der Waals surface area contributed by atoms with E-state index in [4.69, 9.17) is 9.15 Å². The summed E-state index contributed by atoms with van der Waals surface area (Å²) in [6.07, 6.45) is 2.80. The maximum atomic E-state index is 13.0. The van der Waals surface area contributed by atoms with Crippen LogP contribution in [0.15, 0.2) is 41.1 Å². The molecular weight excluding hydrogens is 424 g/mol. The van der Waals surface area contributed by atoms with E-state index in [1.807, 2.05) is 32.9 Å². The number of benzene rings is 1. The molecule has 1 fully saturated rings. The molecule has 1 aromatic carbocycles. The van der Waals surface area contributed by atoms with Gasteiger partial charge in [-0.25, -0.2) is 4.52 Å². The third-order valence-electron chi connectivity index (χ3n) is 6.38. The van der Waals surface area contributed by atoms with Gasteiger partial charge in [0.05, 0.1) is 23.9 Å². The molecule has 1 aliphatic rings. The van der Waals surface area contributed by atoms with E-state index in [2.05, 4.69) is 10.4 Å². The number of aryl methyl sites for hydroxylation is 2. The van der Waals surface area contributed by atoms with Gasteiger partial charge in [-0.15, -0.1) is 0 Å². The van der Waals surface area contributed by atoms with Crippen LogP contribution in [0, 0.1) is 13.8 Å². The number of rotatable bonds is 4. The van der Waals surface area contributed by atoms with Crippen molar-refractivity contribution in [1.82, 2.24) is 19.8 Å². The molecule has 1 saturated heterocycles. The van der Waals surface area contributed by atoms with Gasteiger partial charge in [0, 0.05) is 42.9 Å². The molecule has 9 nitrogen and oxygen atoms in total. The Morgan fingerprint density at radius 1 is 1.24 bits per heavy atom. The number of carbonyl (C=O) groups is 2. The third kappa shape index (κ3) is 3.23. The molecule has 0 radical (unpaired) electrons. The van der Waals surface area contributed by atoms with Crippen LogP contribution in [-0.4, -0.2) is 57.2 Å². The zero-order chi connectivity index (χ0) is 23.4. The van der Waals surface area contributed by atoms with Crippen LogP contribution in [0.3, 0.4) is 0 Å². The Morgan fingerprint density at radius 2 is 2.03 bits per heavy atom. The number of furan rings is 1. The number of aliphatic hydroxyl groups excluding tert-OH is 1. The number of amides is 2. The number of hydrogen-bond acceptors (Lipinski definition) is 6. The molecule has 0 saturated carbocycles. The van der Waals surface area contributed by atoms with Crippen LogP contribution in [0.1, 0.15) is 39.0 Å².